The molecular formula is C12H18N2O6. The predicted molar refractivity (Wildman–Crippen MR) is 68.2 cm³/mol. The minimum Gasteiger partial charge on any atom is -0.394 e. The molecule has 8 heteroatoms. The Bertz CT molecular complexity index is 424. The fourth-order valence-electron chi connectivity index (χ4n) is 1.35. The van der Waals surface area contributed by atoms with Gasteiger partial charge in [0.25, 0.3) is 0 Å². The Morgan fingerprint density at radius 2 is 1.70 bits per heavy atom. The van der Waals surface area contributed by atoms with Gasteiger partial charge in [-0.3, -0.25) is 9.97 Å². The highest BCUT2D eigenvalue weighted by molar-refractivity contribution is 5.43. The zero-order valence-corrected chi connectivity index (χ0v) is 10.6. The molecule has 0 fully saturated rings. The van der Waals surface area contributed by atoms with Crippen molar-refractivity contribution >= 4 is 6.08 Å². The van der Waals surface area contributed by atoms with Crippen molar-refractivity contribution in [2.45, 2.75) is 24.4 Å². The maximum absolute atomic E-state index is 9.72. The molecule has 1 heterocycles. The first-order valence-electron chi connectivity index (χ1n) is 5.93. The van der Waals surface area contributed by atoms with E-state index in [0.29, 0.717) is 5.69 Å². The molecule has 0 saturated heterocycles. The predicted octanol–water partition coefficient (Wildman–Crippen LogP) is -2.41. The number of aromatic nitrogens is 2. The Kier molecular flexibility index (Phi) is 6.65. The van der Waals surface area contributed by atoms with Gasteiger partial charge in [-0.05, 0) is 6.08 Å². The monoisotopic (exact) mass is 286 g/mol. The van der Waals surface area contributed by atoms with E-state index in [0.717, 1.165) is 0 Å². The normalized spacial score (nSPS) is 17.9. The molecule has 0 saturated carbocycles. The molecule has 4 atom stereocenters. The van der Waals surface area contributed by atoms with Gasteiger partial charge in [-0.2, -0.15) is 0 Å². The summed E-state index contributed by atoms with van der Waals surface area (Å²) in [5, 5.41) is 54.9. The molecule has 8 nitrogen and oxygen atoms in total. The molecule has 1 rings (SSSR count). The fraction of sp³-hybridized carbons (Fsp3) is 0.500. The summed E-state index contributed by atoms with van der Waals surface area (Å²) in [5.74, 6) is 0. The van der Waals surface area contributed by atoms with Crippen LogP contribution >= 0.6 is 0 Å². The molecule has 0 amide bonds. The average Bonchev–Trinajstić information content (AvgIpc) is 2.50. The van der Waals surface area contributed by atoms with Crippen LogP contribution < -0.4 is 0 Å². The molecule has 0 aliphatic heterocycles. The van der Waals surface area contributed by atoms with Gasteiger partial charge < -0.3 is 30.6 Å². The molecule has 1 aromatic rings. The molecular weight excluding hydrogens is 268 g/mol. The number of nitrogens with zero attached hydrogens (tertiary/aromatic N) is 2. The number of hydrogen-bond acceptors (Lipinski definition) is 8. The second-order valence-electron chi connectivity index (χ2n) is 4.16. The van der Waals surface area contributed by atoms with E-state index >= 15 is 0 Å². The van der Waals surface area contributed by atoms with Crippen LogP contribution in [-0.2, 0) is 0 Å². The molecule has 0 radical (unpaired) electrons. The Hall–Kier alpha value is -1.42. The lowest BCUT2D eigenvalue weighted by atomic mass is 10.1. The molecule has 0 unspecified atom stereocenters. The van der Waals surface area contributed by atoms with Crippen LogP contribution in [0.1, 0.15) is 17.5 Å². The number of rotatable bonds is 7. The second kappa shape index (κ2) is 8.00. The van der Waals surface area contributed by atoms with Crippen molar-refractivity contribution in [3.8, 4) is 0 Å². The fourth-order valence-corrected chi connectivity index (χ4v) is 1.35. The maximum atomic E-state index is 9.72. The van der Waals surface area contributed by atoms with Crippen LogP contribution in [0.3, 0.4) is 0 Å². The van der Waals surface area contributed by atoms with Gasteiger partial charge in [0, 0.05) is 0 Å². The van der Waals surface area contributed by atoms with Gasteiger partial charge >= 0.3 is 0 Å². The van der Waals surface area contributed by atoms with Crippen LogP contribution in [0, 0.1) is 0 Å². The van der Waals surface area contributed by atoms with E-state index < -0.39 is 37.6 Å². The van der Waals surface area contributed by atoms with Gasteiger partial charge in [0.2, 0.25) is 0 Å². The largest absolute Gasteiger partial charge is 0.394 e. The molecule has 1 aromatic heterocycles. The third-order valence-corrected chi connectivity index (χ3v) is 2.58. The summed E-state index contributed by atoms with van der Waals surface area (Å²) in [4.78, 5) is 7.78. The van der Waals surface area contributed by atoms with Crippen molar-refractivity contribution in [2.24, 2.45) is 0 Å². The first-order valence-corrected chi connectivity index (χ1v) is 5.93. The Morgan fingerprint density at radius 1 is 1.00 bits per heavy atom. The van der Waals surface area contributed by atoms with E-state index in [1.165, 1.54) is 24.5 Å². The molecule has 6 N–H and O–H groups in total. The van der Waals surface area contributed by atoms with Crippen molar-refractivity contribution in [2.75, 3.05) is 13.2 Å². The van der Waals surface area contributed by atoms with Gasteiger partial charge in [0.05, 0.1) is 43.1 Å². The summed E-state index contributed by atoms with van der Waals surface area (Å²) in [5.41, 5.74) is 0.413. The van der Waals surface area contributed by atoms with Gasteiger partial charge in [0.15, 0.2) is 0 Å². The quantitative estimate of drug-likeness (QED) is 0.325. The van der Waals surface area contributed by atoms with Crippen LogP contribution in [-0.4, -0.2) is 72.1 Å². The number of aliphatic hydroxyl groups is 6. The topological polar surface area (TPSA) is 147 Å². The van der Waals surface area contributed by atoms with Gasteiger partial charge in [-0.1, -0.05) is 6.08 Å². The van der Waals surface area contributed by atoms with Crippen molar-refractivity contribution in [3.05, 3.63) is 29.9 Å². The third-order valence-electron chi connectivity index (χ3n) is 2.58. The lowest BCUT2D eigenvalue weighted by Gasteiger charge is -2.20. The van der Waals surface area contributed by atoms with Crippen molar-refractivity contribution < 1.29 is 30.6 Å². The first kappa shape index (κ1) is 16.6. The van der Waals surface area contributed by atoms with E-state index in [-0.39, 0.29) is 5.69 Å². The van der Waals surface area contributed by atoms with Crippen molar-refractivity contribution in [1.82, 2.24) is 9.97 Å². The summed E-state index contributed by atoms with van der Waals surface area (Å²) in [6.07, 6.45) is -0.291. The Morgan fingerprint density at radius 3 is 2.20 bits per heavy atom. The van der Waals surface area contributed by atoms with Gasteiger partial charge in [-0.25, -0.2) is 0 Å². The summed E-state index contributed by atoms with van der Waals surface area (Å²) < 4.78 is 0. The van der Waals surface area contributed by atoms with Crippen LogP contribution in [0.4, 0.5) is 0 Å². The number of hydrogen-bond donors (Lipinski definition) is 6. The van der Waals surface area contributed by atoms with Gasteiger partial charge in [-0.15, -0.1) is 0 Å². The molecule has 0 spiro atoms. The zero-order valence-electron chi connectivity index (χ0n) is 10.6. The van der Waals surface area contributed by atoms with E-state index in [9.17, 15) is 15.3 Å². The van der Waals surface area contributed by atoms with Crippen LogP contribution in [0.25, 0.3) is 6.08 Å². The minimum atomic E-state index is -1.58. The van der Waals surface area contributed by atoms with Gasteiger partial charge in [0.1, 0.15) is 18.3 Å². The summed E-state index contributed by atoms with van der Waals surface area (Å²) >= 11 is 0. The lowest BCUT2D eigenvalue weighted by molar-refractivity contribution is -0.0790. The van der Waals surface area contributed by atoms with E-state index in [4.69, 9.17) is 15.3 Å². The summed E-state index contributed by atoms with van der Waals surface area (Å²) in [7, 11) is 0. The molecule has 20 heavy (non-hydrogen) atoms. The Balaban J connectivity index is 2.73. The summed E-state index contributed by atoms with van der Waals surface area (Å²) in [6, 6.07) is 0. The average molecular weight is 286 g/mol. The molecule has 0 aromatic carbocycles. The van der Waals surface area contributed by atoms with Crippen LogP contribution in [0.5, 0.6) is 0 Å². The van der Waals surface area contributed by atoms with E-state index in [2.05, 4.69) is 9.97 Å². The number of aliphatic hydroxyl groups excluding tert-OH is 6. The molecule has 0 aliphatic rings. The Labute approximate surface area is 115 Å². The molecule has 0 bridgehead atoms. The van der Waals surface area contributed by atoms with Crippen LogP contribution in [0.15, 0.2) is 18.5 Å². The third kappa shape index (κ3) is 4.60. The van der Waals surface area contributed by atoms with Crippen LogP contribution in [0.2, 0.25) is 0 Å². The SMILES string of the molecule is OC[C@@H](O)[C@@H](O)[C@H](O)c1cnc(/C=C/[C@H](O)CO)cn1. The summed E-state index contributed by atoms with van der Waals surface area (Å²) in [6.45, 7) is -1.10. The smallest absolute Gasteiger partial charge is 0.126 e. The molecule has 0 aliphatic carbocycles. The van der Waals surface area contributed by atoms with E-state index in [1.807, 2.05) is 0 Å². The highest BCUT2D eigenvalue weighted by Gasteiger charge is 2.26. The van der Waals surface area contributed by atoms with Crippen molar-refractivity contribution in [1.29, 1.82) is 0 Å². The lowest BCUT2D eigenvalue weighted by Crippen LogP contribution is -2.35. The highest BCUT2D eigenvalue weighted by Crippen LogP contribution is 2.16. The minimum absolute atomic E-state index is 0.0323. The van der Waals surface area contributed by atoms with E-state index in [1.54, 1.807) is 0 Å². The first-order chi connectivity index (χ1) is 9.49. The van der Waals surface area contributed by atoms with Crippen molar-refractivity contribution in [3.63, 3.8) is 0 Å². The molecule has 112 valence electrons. The standard InChI is InChI=1S/C12H18N2O6/c15-5-8(17)2-1-7-3-14-9(4-13-7)11(19)12(20)10(18)6-16/h1-4,8,10-12,15-20H,5-6H2/b2-1+/t8-,10+,11+,12+/m0/s1. The maximum Gasteiger partial charge on any atom is 0.126 e. The highest BCUT2D eigenvalue weighted by atomic mass is 16.4. The second-order valence-corrected chi connectivity index (χ2v) is 4.16. The zero-order chi connectivity index (χ0) is 15.1.